The molecule has 0 fully saturated rings. The standard InChI is InChI=1S/C15H12N4O/c16-13-9-17-7-5-12(13)15(20)19-11-3-4-14-10(8-11)2-1-6-18-14/h1-9H,16H2,(H,19,20). The third-order valence-corrected chi connectivity index (χ3v) is 2.96. The van der Waals surface area contributed by atoms with E-state index in [-0.39, 0.29) is 5.91 Å². The normalized spacial score (nSPS) is 10.4. The Kier molecular flexibility index (Phi) is 3.01. The van der Waals surface area contributed by atoms with Crippen LogP contribution >= 0.6 is 0 Å². The molecule has 0 bridgehead atoms. The van der Waals surface area contributed by atoms with Gasteiger partial charge in [0.2, 0.25) is 0 Å². The van der Waals surface area contributed by atoms with E-state index in [1.165, 1.54) is 12.4 Å². The molecule has 5 nitrogen and oxygen atoms in total. The summed E-state index contributed by atoms with van der Waals surface area (Å²) in [6.45, 7) is 0. The Labute approximate surface area is 115 Å². The van der Waals surface area contributed by atoms with Crippen molar-refractivity contribution in [3.05, 3.63) is 60.6 Å². The highest BCUT2D eigenvalue weighted by Gasteiger charge is 2.09. The molecule has 1 aromatic carbocycles. The highest BCUT2D eigenvalue weighted by Crippen LogP contribution is 2.18. The summed E-state index contributed by atoms with van der Waals surface area (Å²) >= 11 is 0. The number of carbonyl (C=O) groups is 1. The van der Waals surface area contributed by atoms with Gasteiger partial charge in [-0.3, -0.25) is 14.8 Å². The molecule has 0 spiro atoms. The number of anilines is 2. The van der Waals surface area contributed by atoms with Gasteiger partial charge in [0.25, 0.3) is 5.91 Å². The molecule has 1 amide bonds. The minimum absolute atomic E-state index is 0.256. The zero-order chi connectivity index (χ0) is 13.9. The van der Waals surface area contributed by atoms with Gasteiger partial charge in [0.1, 0.15) is 0 Å². The molecule has 3 aromatic rings. The number of hydrogen-bond acceptors (Lipinski definition) is 4. The summed E-state index contributed by atoms with van der Waals surface area (Å²) in [6, 6.07) is 10.9. The quantitative estimate of drug-likeness (QED) is 0.745. The summed E-state index contributed by atoms with van der Waals surface area (Å²) in [4.78, 5) is 20.2. The fourth-order valence-electron chi connectivity index (χ4n) is 1.97. The maximum atomic E-state index is 12.1. The molecule has 0 saturated carbocycles. The van der Waals surface area contributed by atoms with Crippen molar-refractivity contribution in [2.45, 2.75) is 0 Å². The minimum atomic E-state index is -0.256. The van der Waals surface area contributed by atoms with Crippen molar-refractivity contribution in [3.63, 3.8) is 0 Å². The van der Waals surface area contributed by atoms with Crippen LogP contribution in [-0.2, 0) is 0 Å². The Bertz CT molecular complexity index is 785. The van der Waals surface area contributed by atoms with Gasteiger partial charge in [-0.2, -0.15) is 0 Å². The van der Waals surface area contributed by atoms with Gasteiger partial charge in [-0.1, -0.05) is 6.07 Å². The van der Waals surface area contributed by atoms with Crippen LogP contribution in [0, 0.1) is 0 Å². The van der Waals surface area contributed by atoms with E-state index >= 15 is 0 Å². The van der Waals surface area contributed by atoms with Gasteiger partial charge in [-0.25, -0.2) is 0 Å². The molecule has 0 aliphatic heterocycles. The largest absolute Gasteiger partial charge is 0.397 e. The van der Waals surface area contributed by atoms with Crippen molar-refractivity contribution < 1.29 is 4.79 Å². The second kappa shape index (κ2) is 4.97. The van der Waals surface area contributed by atoms with Gasteiger partial charge in [0, 0.05) is 23.5 Å². The highest BCUT2D eigenvalue weighted by atomic mass is 16.1. The molecular weight excluding hydrogens is 252 g/mol. The lowest BCUT2D eigenvalue weighted by Crippen LogP contribution is -2.14. The number of benzene rings is 1. The predicted molar refractivity (Wildman–Crippen MR) is 78.3 cm³/mol. The lowest BCUT2D eigenvalue weighted by molar-refractivity contribution is 0.102. The van der Waals surface area contributed by atoms with Crippen molar-refractivity contribution in [3.8, 4) is 0 Å². The van der Waals surface area contributed by atoms with Gasteiger partial charge >= 0.3 is 0 Å². The first-order valence-electron chi connectivity index (χ1n) is 6.10. The number of nitrogens with two attached hydrogens (primary N) is 1. The van der Waals surface area contributed by atoms with Crippen LogP contribution in [0.25, 0.3) is 10.9 Å². The summed E-state index contributed by atoms with van der Waals surface area (Å²) in [5.41, 5.74) is 8.08. The van der Waals surface area contributed by atoms with E-state index in [4.69, 9.17) is 5.73 Å². The van der Waals surface area contributed by atoms with Crippen LogP contribution in [0.2, 0.25) is 0 Å². The van der Waals surface area contributed by atoms with Crippen LogP contribution in [0.1, 0.15) is 10.4 Å². The molecule has 2 aromatic heterocycles. The van der Waals surface area contributed by atoms with Crippen LogP contribution in [0.15, 0.2) is 55.0 Å². The van der Waals surface area contributed by atoms with Crippen LogP contribution in [0.5, 0.6) is 0 Å². The van der Waals surface area contributed by atoms with Crippen molar-refractivity contribution >= 4 is 28.2 Å². The molecule has 98 valence electrons. The second-order valence-electron chi connectivity index (χ2n) is 4.33. The SMILES string of the molecule is Nc1cnccc1C(=O)Nc1ccc2ncccc2c1. The van der Waals surface area contributed by atoms with Crippen molar-refractivity contribution in [1.29, 1.82) is 0 Å². The fraction of sp³-hybridized carbons (Fsp3) is 0. The molecule has 0 unspecified atom stereocenters. The first kappa shape index (κ1) is 12.1. The van der Waals surface area contributed by atoms with Gasteiger partial charge in [-0.05, 0) is 30.3 Å². The van der Waals surface area contributed by atoms with E-state index in [9.17, 15) is 4.79 Å². The molecule has 0 aliphatic carbocycles. The van der Waals surface area contributed by atoms with Gasteiger partial charge in [0.05, 0.1) is 23.0 Å². The van der Waals surface area contributed by atoms with E-state index in [2.05, 4.69) is 15.3 Å². The lowest BCUT2D eigenvalue weighted by Gasteiger charge is -2.07. The van der Waals surface area contributed by atoms with Crippen molar-refractivity contribution in [2.75, 3.05) is 11.1 Å². The number of nitrogens with one attached hydrogen (secondary N) is 1. The number of amides is 1. The number of nitrogen functional groups attached to an aromatic ring is 1. The van der Waals surface area contributed by atoms with E-state index in [0.29, 0.717) is 16.9 Å². The molecule has 2 heterocycles. The number of nitrogens with zero attached hydrogens (tertiary/aromatic N) is 2. The number of aromatic nitrogens is 2. The summed E-state index contributed by atoms with van der Waals surface area (Å²) in [6.07, 6.45) is 4.73. The molecule has 0 radical (unpaired) electrons. The third-order valence-electron chi connectivity index (χ3n) is 2.96. The fourth-order valence-corrected chi connectivity index (χ4v) is 1.97. The molecule has 3 N–H and O–H groups in total. The Morgan fingerprint density at radius 2 is 2.05 bits per heavy atom. The lowest BCUT2D eigenvalue weighted by atomic mass is 10.2. The summed E-state index contributed by atoms with van der Waals surface area (Å²) in [5, 5.41) is 3.78. The third kappa shape index (κ3) is 2.29. The average Bonchev–Trinajstić information content (AvgIpc) is 2.47. The number of hydrogen-bond donors (Lipinski definition) is 2. The van der Waals surface area contributed by atoms with Crippen LogP contribution in [0.3, 0.4) is 0 Å². The maximum absolute atomic E-state index is 12.1. The predicted octanol–water partition coefficient (Wildman–Crippen LogP) is 2.46. The smallest absolute Gasteiger partial charge is 0.257 e. The molecule has 0 saturated heterocycles. The second-order valence-corrected chi connectivity index (χ2v) is 4.33. The molecule has 0 aliphatic rings. The first-order valence-corrected chi connectivity index (χ1v) is 6.10. The van der Waals surface area contributed by atoms with E-state index < -0.39 is 0 Å². The Morgan fingerprint density at radius 3 is 2.90 bits per heavy atom. The summed E-state index contributed by atoms with van der Waals surface area (Å²) in [5.74, 6) is -0.256. The van der Waals surface area contributed by atoms with E-state index in [1.54, 1.807) is 12.3 Å². The zero-order valence-electron chi connectivity index (χ0n) is 10.6. The maximum Gasteiger partial charge on any atom is 0.257 e. The van der Waals surface area contributed by atoms with Crippen molar-refractivity contribution in [1.82, 2.24) is 9.97 Å². The molecule has 20 heavy (non-hydrogen) atoms. The van der Waals surface area contributed by atoms with Crippen LogP contribution in [-0.4, -0.2) is 15.9 Å². The average molecular weight is 264 g/mol. The molecule has 3 rings (SSSR count). The number of rotatable bonds is 2. The Balaban J connectivity index is 1.89. The molecule has 5 heteroatoms. The zero-order valence-corrected chi connectivity index (χ0v) is 10.6. The van der Waals surface area contributed by atoms with Gasteiger partial charge in [-0.15, -0.1) is 0 Å². The number of fused-ring (bicyclic) bond motifs is 1. The minimum Gasteiger partial charge on any atom is -0.397 e. The van der Waals surface area contributed by atoms with E-state index in [0.717, 1.165) is 10.9 Å². The summed E-state index contributed by atoms with van der Waals surface area (Å²) < 4.78 is 0. The Morgan fingerprint density at radius 1 is 1.15 bits per heavy atom. The van der Waals surface area contributed by atoms with Gasteiger partial charge in [0.15, 0.2) is 0 Å². The van der Waals surface area contributed by atoms with Crippen LogP contribution < -0.4 is 11.1 Å². The van der Waals surface area contributed by atoms with Crippen molar-refractivity contribution in [2.24, 2.45) is 0 Å². The summed E-state index contributed by atoms with van der Waals surface area (Å²) in [7, 11) is 0. The molecular formula is C15H12N4O. The Hall–Kier alpha value is -2.95. The number of pyridine rings is 2. The number of carbonyl (C=O) groups excluding carboxylic acids is 1. The topological polar surface area (TPSA) is 80.9 Å². The van der Waals surface area contributed by atoms with Crippen LogP contribution in [0.4, 0.5) is 11.4 Å². The molecule has 0 atom stereocenters. The monoisotopic (exact) mass is 264 g/mol. The highest BCUT2D eigenvalue weighted by molar-refractivity contribution is 6.08. The van der Waals surface area contributed by atoms with Gasteiger partial charge < -0.3 is 11.1 Å². The van der Waals surface area contributed by atoms with E-state index in [1.807, 2.05) is 30.3 Å². The first-order chi connectivity index (χ1) is 9.74.